The highest BCUT2D eigenvalue weighted by atomic mass is 16.7. The molecule has 2 heterocycles. The minimum absolute atomic E-state index is 0.0951. The van der Waals surface area contributed by atoms with Gasteiger partial charge in [-0.05, 0) is 36.4 Å². The van der Waals surface area contributed by atoms with E-state index in [9.17, 15) is 25.6 Å². The van der Waals surface area contributed by atoms with E-state index in [0.29, 0.717) is 25.9 Å². The number of hydrogen-bond donors (Lipinski definition) is 4. The molecule has 1 saturated carbocycles. The van der Waals surface area contributed by atoms with E-state index in [1.54, 1.807) is 0 Å². The fraction of sp³-hybridized carbons (Fsp3) is 0.595. The molecule has 0 spiro atoms. The standard InChI is InChI=1S/C37H50N4O11/c1-4-18-46-37(45)39-29-31(44)30(43)28(19-42)51-35(29)50-27-17-11-16-26(40-41-38)33(27)52-36-34(48-21-25-14-9-6-10-15-25)32(22(2)23(3)49-36)47-20-24-12-7-5-8-13-24/h4-10,12-15,22-23,26-36,42-44H,1,11,16-21H2,2-3H3,(H,39,45)/t22-,23?,26?,27-,28+,29?,30+,31?,32+,33-,34?,35-,36+/m1/s1. The molecule has 52 heavy (non-hydrogen) atoms. The molecule has 5 rings (SSSR count). The molecule has 15 heteroatoms. The van der Waals surface area contributed by atoms with Gasteiger partial charge in [-0.1, -0.05) is 91.8 Å². The normalized spacial score (nSPS) is 34.8. The summed E-state index contributed by atoms with van der Waals surface area (Å²) in [7, 11) is 0. The van der Waals surface area contributed by atoms with Crippen molar-refractivity contribution in [1.29, 1.82) is 0 Å². The van der Waals surface area contributed by atoms with E-state index in [2.05, 4.69) is 21.9 Å². The Morgan fingerprint density at radius 1 is 0.942 bits per heavy atom. The van der Waals surface area contributed by atoms with Crippen molar-refractivity contribution >= 4 is 6.09 Å². The molecule has 15 nitrogen and oxygen atoms in total. The lowest BCUT2D eigenvalue weighted by Crippen LogP contribution is -2.66. The van der Waals surface area contributed by atoms with Gasteiger partial charge in [-0.25, -0.2) is 4.79 Å². The number of azide groups is 1. The zero-order valence-electron chi connectivity index (χ0n) is 29.5. The van der Waals surface area contributed by atoms with Gasteiger partial charge >= 0.3 is 6.09 Å². The number of aliphatic hydroxyl groups is 3. The summed E-state index contributed by atoms with van der Waals surface area (Å²) in [6.45, 7) is 7.35. The predicted octanol–water partition coefficient (Wildman–Crippen LogP) is 3.89. The van der Waals surface area contributed by atoms with Crippen molar-refractivity contribution in [2.75, 3.05) is 13.2 Å². The first-order valence-electron chi connectivity index (χ1n) is 17.7. The lowest BCUT2D eigenvalue weighted by Gasteiger charge is -2.48. The Morgan fingerprint density at radius 3 is 2.21 bits per heavy atom. The number of nitrogens with one attached hydrogen (secondary N) is 1. The van der Waals surface area contributed by atoms with Gasteiger partial charge < -0.3 is 53.8 Å². The second kappa shape index (κ2) is 19.5. The molecule has 1 amide bonds. The van der Waals surface area contributed by atoms with Gasteiger partial charge in [-0.2, -0.15) is 0 Å². The van der Waals surface area contributed by atoms with Crippen LogP contribution in [0, 0.1) is 5.92 Å². The number of aliphatic hydroxyl groups excluding tert-OH is 3. The maximum Gasteiger partial charge on any atom is 0.407 e. The Balaban J connectivity index is 1.42. The molecule has 2 saturated heterocycles. The predicted molar refractivity (Wildman–Crippen MR) is 186 cm³/mol. The Labute approximate surface area is 303 Å². The molecule has 3 aliphatic rings. The number of rotatable bonds is 15. The fourth-order valence-electron chi connectivity index (χ4n) is 6.81. The topological polar surface area (TPSA) is 203 Å². The second-order valence-corrected chi connectivity index (χ2v) is 13.3. The number of carbonyl (C=O) groups is 1. The third kappa shape index (κ3) is 10.1. The van der Waals surface area contributed by atoms with Gasteiger partial charge in [-0.3, -0.25) is 0 Å². The Hall–Kier alpha value is -3.60. The molecule has 3 fully saturated rings. The molecule has 4 N–H and O–H groups in total. The Morgan fingerprint density at radius 2 is 1.60 bits per heavy atom. The smallest absolute Gasteiger partial charge is 0.407 e. The van der Waals surface area contributed by atoms with Crippen molar-refractivity contribution in [2.24, 2.45) is 11.0 Å². The summed E-state index contributed by atoms with van der Waals surface area (Å²) in [6, 6.07) is 17.5. The molecular formula is C37H50N4O11. The van der Waals surface area contributed by atoms with E-state index < -0.39 is 80.1 Å². The molecule has 0 radical (unpaired) electrons. The summed E-state index contributed by atoms with van der Waals surface area (Å²) >= 11 is 0. The molecule has 2 aliphatic heterocycles. The first kappa shape index (κ1) is 39.6. The van der Waals surface area contributed by atoms with Crippen LogP contribution in [0.1, 0.15) is 44.2 Å². The number of carbonyl (C=O) groups excluding carboxylic acids is 1. The van der Waals surface area contributed by atoms with Crippen LogP contribution in [0.5, 0.6) is 0 Å². The summed E-state index contributed by atoms with van der Waals surface area (Å²) in [5.41, 5.74) is 11.5. The second-order valence-electron chi connectivity index (χ2n) is 13.3. The van der Waals surface area contributed by atoms with Gasteiger partial charge in [0.25, 0.3) is 0 Å². The van der Waals surface area contributed by atoms with Crippen LogP contribution < -0.4 is 5.32 Å². The van der Waals surface area contributed by atoms with Crippen LogP contribution in [0.25, 0.3) is 10.4 Å². The Kier molecular flexibility index (Phi) is 14.8. The van der Waals surface area contributed by atoms with E-state index in [1.807, 2.05) is 74.5 Å². The van der Waals surface area contributed by atoms with Crippen molar-refractivity contribution < 1.29 is 53.3 Å². The SMILES string of the molecule is C=CCOC(=O)NC1C(O)[C@@H](O)[C@H](CO)O[C@H]1O[C@@H]1CCCC(N=[N+]=[N-])[C@H]1O[C@@H]1OC(C)[C@@H](C)[C@H](OCc2ccccc2)C1OCc1ccccc1. The highest BCUT2D eigenvalue weighted by Gasteiger charge is 2.51. The molecular weight excluding hydrogens is 676 g/mol. The number of ether oxygens (including phenoxy) is 7. The van der Waals surface area contributed by atoms with Gasteiger partial charge in [-0.15, -0.1) is 0 Å². The van der Waals surface area contributed by atoms with Crippen molar-refractivity contribution in [3.05, 3.63) is 94.9 Å². The van der Waals surface area contributed by atoms with Crippen LogP contribution in [-0.2, 0) is 46.4 Å². The van der Waals surface area contributed by atoms with Crippen LogP contribution >= 0.6 is 0 Å². The lowest BCUT2D eigenvalue weighted by molar-refractivity contribution is -0.335. The number of amides is 1. The number of nitrogens with zero attached hydrogens (tertiary/aromatic N) is 3. The minimum Gasteiger partial charge on any atom is -0.445 e. The van der Waals surface area contributed by atoms with Crippen molar-refractivity contribution in [2.45, 2.75) is 120 Å². The zero-order chi connectivity index (χ0) is 37.0. The zero-order valence-corrected chi connectivity index (χ0v) is 29.5. The van der Waals surface area contributed by atoms with Gasteiger partial charge in [0.05, 0.1) is 50.3 Å². The van der Waals surface area contributed by atoms with Crippen molar-refractivity contribution in [3.63, 3.8) is 0 Å². The summed E-state index contributed by atoms with van der Waals surface area (Å²) < 4.78 is 43.8. The Bertz CT molecular complexity index is 1450. The monoisotopic (exact) mass is 726 g/mol. The van der Waals surface area contributed by atoms with E-state index >= 15 is 0 Å². The average molecular weight is 727 g/mol. The molecule has 0 aromatic heterocycles. The largest absolute Gasteiger partial charge is 0.445 e. The summed E-state index contributed by atoms with van der Waals surface area (Å²) in [6.07, 6.45) is -7.98. The van der Waals surface area contributed by atoms with Gasteiger partial charge in [0.2, 0.25) is 0 Å². The van der Waals surface area contributed by atoms with E-state index in [1.165, 1.54) is 6.08 Å². The molecule has 284 valence electrons. The lowest BCUT2D eigenvalue weighted by atomic mass is 9.88. The number of benzene rings is 2. The summed E-state index contributed by atoms with van der Waals surface area (Å²) in [5.74, 6) is -0.0951. The molecule has 2 aromatic rings. The fourth-order valence-corrected chi connectivity index (χ4v) is 6.81. The maximum absolute atomic E-state index is 12.6. The first-order valence-corrected chi connectivity index (χ1v) is 17.7. The molecule has 13 atom stereocenters. The van der Waals surface area contributed by atoms with Gasteiger partial charge in [0.15, 0.2) is 12.6 Å². The minimum atomic E-state index is -1.59. The van der Waals surface area contributed by atoms with Crippen LogP contribution in [0.3, 0.4) is 0 Å². The first-order chi connectivity index (χ1) is 25.2. The van der Waals surface area contributed by atoms with E-state index in [0.717, 1.165) is 11.1 Å². The summed E-state index contributed by atoms with van der Waals surface area (Å²) in [4.78, 5) is 15.6. The van der Waals surface area contributed by atoms with Crippen LogP contribution in [0.15, 0.2) is 78.4 Å². The van der Waals surface area contributed by atoms with Gasteiger partial charge in [0.1, 0.15) is 37.1 Å². The highest BCUT2D eigenvalue weighted by Crippen LogP contribution is 2.37. The van der Waals surface area contributed by atoms with Crippen LogP contribution in [0.4, 0.5) is 4.79 Å². The average Bonchev–Trinajstić information content (AvgIpc) is 3.16. The van der Waals surface area contributed by atoms with Gasteiger partial charge in [0, 0.05) is 10.8 Å². The van der Waals surface area contributed by atoms with E-state index in [4.69, 9.17) is 33.2 Å². The molecule has 1 aliphatic carbocycles. The number of alkyl carbamates (subject to hydrolysis) is 1. The highest BCUT2D eigenvalue weighted by molar-refractivity contribution is 5.67. The van der Waals surface area contributed by atoms with E-state index in [-0.39, 0.29) is 25.2 Å². The van der Waals surface area contributed by atoms with Crippen molar-refractivity contribution in [3.8, 4) is 0 Å². The van der Waals surface area contributed by atoms with Crippen LogP contribution in [-0.4, -0.2) is 108 Å². The quantitative estimate of drug-likeness (QED) is 0.0898. The maximum atomic E-state index is 12.6. The molecule has 0 bridgehead atoms. The molecule has 2 aromatic carbocycles. The van der Waals surface area contributed by atoms with Crippen molar-refractivity contribution in [1.82, 2.24) is 5.32 Å². The van der Waals surface area contributed by atoms with Crippen LogP contribution in [0.2, 0.25) is 0 Å². The summed E-state index contributed by atoms with van der Waals surface area (Å²) in [5, 5.41) is 38.1. The third-order valence-corrected chi connectivity index (χ3v) is 9.80. The third-order valence-electron chi connectivity index (χ3n) is 9.80. The molecule has 5 unspecified atom stereocenters. The number of hydrogen-bond acceptors (Lipinski definition) is 12.